The second kappa shape index (κ2) is 15.6. The van der Waals surface area contributed by atoms with E-state index < -0.39 is 23.4 Å². The van der Waals surface area contributed by atoms with Crippen LogP contribution in [0.15, 0.2) is 97.3 Å². The molecule has 10 heteroatoms. The molecule has 258 valence electrons. The van der Waals surface area contributed by atoms with Crippen molar-refractivity contribution in [1.29, 1.82) is 0 Å². The molecule has 1 fully saturated rings. The maximum absolute atomic E-state index is 13.4. The molecule has 0 unspecified atom stereocenters. The zero-order valence-electron chi connectivity index (χ0n) is 28.2. The van der Waals surface area contributed by atoms with Gasteiger partial charge >= 0.3 is 18.3 Å². The molecular formula is C39H43F3N4O3. The Labute approximate surface area is 286 Å². The fourth-order valence-corrected chi connectivity index (χ4v) is 5.93. The highest BCUT2D eigenvalue weighted by Gasteiger charge is 2.31. The Morgan fingerprint density at radius 1 is 0.776 bits per heavy atom. The van der Waals surface area contributed by atoms with Crippen LogP contribution < -0.4 is 5.32 Å². The van der Waals surface area contributed by atoms with Gasteiger partial charge in [-0.2, -0.15) is 13.2 Å². The molecule has 5 rings (SSSR count). The number of hydrogen-bond acceptors (Lipinski definition) is 4. The normalized spacial score (nSPS) is 13.8. The SMILES string of the molecule is CC(C)(C)OC(=O)N(Cc1ccc(-c2ccc(CN(Cc3cccnc3)C(=O)Nc3ccc(C(F)(F)F)cc3)cc2)cc1)C1CCCCC1. The molecule has 0 aliphatic heterocycles. The van der Waals surface area contributed by atoms with Crippen LogP contribution in [-0.4, -0.2) is 38.6 Å². The number of nitrogens with zero attached hydrogens (tertiary/aromatic N) is 3. The van der Waals surface area contributed by atoms with Crippen LogP contribution in [-0.2, 0) is 30.5 Å². The molecule has 1 aliphatic carbocycles. The van der Waals surface area contributed by atoms with Gasteiger partial charge in [-0.05, 0) is 91.8 Å². The van der Waals surface area contributed by atoms with Gasteiger partial charge in [0.15, 0.2) is 0 Å². The quantitative estimate of drug-likeness (QED) is 0.192. The van der Waals surface area contributed by atoms with Crippen LogP contribution in [0.25, 0.3) is 11.1 Å². The first-order chi connectivity index (χ1) is 23.3. The maximum atomic E-state index is 13.4. The number of amides is 3. The van der Waals surface area contributed by atoms with Gasteiger partial charge in [-0.15, -0.1) is 0 Å². The number of alkyl halides is 3. The van der Waals surface area contributed by atoms with Gasteiger partial charge < -0.3 is 19.9 Å². The topological polar surface area (TPSA) is 74.8 Å². The highest BCUT2D eigenvalue weighted by atomic mass is 19.4. The van der Waals surface area contributed by atoms with Gasteiger partial charge in [0.2, 0.25) is 0 Å². The van der Waals surface area contributed by atoms with Gasteiger partial charge in [0, 0.05) is 43.8 Å². The number of nitrogens with one attached hydrogen (secondary N) is 1. The van der Waals surface area contributed by atoms with Crippen molar-refractivity contribution in [3.63, 3.8) is 0 Å². The summed E-state index contributed by atoms with van der Waals surface area (Å²) in [6, 6.07) is 23.8. The second-order valence-corrected chi connectivity index (χ2v) is 13.5. The molecule has 0 bridgehead atoms. The van der Waals surface area contributed by atoms with Crippen molar-refractivity contribution in [1.82, 2.24) is 14.8 Å². The fourth-order valence-electron chi connectivity index (χ4n) is 5.93. The average molecular weight is 673 g/mol. The lowest BCUT2D eigenvalue weighted by Crippen LogP contribution is -2.43. The smallest absolute Gasteiger partial charge is 0.416 e. The van der Waals surface area contributed by atoms with Gasteiger partial charge in [-0.25, -0.2) is 9.59 Å². The molecule has 0 radical (unpaired) electrons. The minimum absolute atomic E-state index is 0.172. The average Bonchev–Trinajstić information content (AvgIpc) is 3.07. The number of ether oxygens (including phenoxy) is 1. The molecule has 49 heavy (non-hydrogen) atoms. The summed E-state index contributed by atoms with van der Waals surface area (Å²) in [6.45, 7) is 6.67. The number of pyridine rings is 1. The van der Waals surface area contributed by atoms with E-state index in [2.05, 4.69) is 10.3 Å². The summed E-state index contributed by atoms with van der Waals surface area (Å²) in [5.74, 6) is 0. The summed E-state index contributed by atoms with van der Waals surface area (Å²) in [5, 5.41) is 2.72. The minimum atomic E-state index is -4.46. The van der Waals surface area contributed by atoms with E-state index in [1.807, 2.05) is 80.3 Å². The third-order valence-electron chi connectivity index (χ3n) is 8.46. The van der Waals surface area contributed by atoms with Crippen LogP contribution in [0, 0.1) is 0 Å². The third-order valence-corrected chi connectivity index (χ3v) is 8.46. The van der Waals surface area contributed by atoms with Crippen LogP contribution in [0.4, 0.5) is 28.4 Å². The second-order valence-electron chi connectivity index (χ2n) is 13.5. The van der Waals surface area contributed by atoms with E-state index in [0.29, 0.717) is 6.54 Å². The van der Waals surface area contributed by atoms with Gasteiger partial charge in [-0.3, -0.25) is 4.98 Å². The number of anilines is 1. The largest absolute Gasteiger partial charge is 0.444 e. The molecule has 1 aliphatic rings. The summed E-state index contributed by atoms with van der Waals surface area (Å²) in [6.07, 6.45) is 3.99. The van der Waals surface area contributed by atoms with Crippen LogP contribution in [0.5, 0.6) is 0 Å². The molecule has 4 aromatic rings. The molecule has 3 aromatic carbocycles. The zero-order chi connectivity index (χ0) is 35.0. The first-order valence-electron chi connectivity index (χ1n) is 16.6. The molecule has 1 N–H and O–H groups in total. The van der Waals surface area contributed by atoms with E-state index in [0.717, 1.165) is 65.6 Å². The molecule has 1 heterocycles. The molecule has 1 saturated carbocycles. The Morgan fingerprint density at radius 2 is 1.35 bits per heavy atom. The molecule has 0 spiro atoms. The number of hydrogen-bond donors (Lipinski definition) is 1. The lowest BCUT2D eigenvalue weighted by molar-refractivity contribution is -0.137. The fraction of sp³-hybridized carbons (Fsp3) is 0.359. The number of rotatable bonds is 9. The van der Waals surface area contributed by atoms with Crippen molar-refractivity contribution in [3.05, 3.63) is 120 Å². The first-order valence-corrected chi connectivity index (χ1v) is 16.6. The van der Waals surface area contributed by atoms with Crippen LogP contribution in [0.3, 0.4) is 0 Å². The standard InChI is InChI=1S/C39H43F3N4O3/c1-38(2,3)49-37(48)46(35-9-5-4-6-10-35)27-29-13-17-32(18-14-29)31-15-11-28(12-16-31)25-45(26-30-8-7-23-43-24-30)36(47)44-34-21-19-33(20-22-34)39(40,41)42/h7-8,11-24,35H,4-6,9-10,25-27H2,1-3H3,(H,44,47). The third kappa shape index (κ3) is 10.3. The van der Waals surface area contributed by atoms with Crippen molar-refractivity contribution < 1.29 is 27.5 Å². The molecule has 3 amide bonds. The summed E-state index contributed by atoms with van der Waals surface area (Å²) in [7, 11) is 0. The number of urea groups is 1. The van der Waals surface area contributed by atoms with Crippen molar-refractivity contribution in [2.75, 3.05) is 5.32 Å². The Morgan fingerprint density at radius 3 is 1.88 bits per heavy atom. The number of halogens is 3. The lowest BCUT2D eigenvalue weighted by Gasteiger charge is -2.35. The summed E-state index contributed by atoms with van der Waals surface area (Å²) < 4.78 is 44.8. The van der Waals surface area contributed by atoms with E-state index in [4.69, 9.17) is 4.74 Å². The van der Waals surface area contributed by atoms with Crippen LogP contribution >= 0.6 is 0 Å². The molecular weight excluding hydrogens is 629 g/mol. The van der Waals surface area contributed by atoms with Crippen molar-refractivity contribution >= 4 is 17.8 Å². The van der Waals surface area contributed by atoms with Crippen molar-refractivity contribution in [2.24, 2.45) is 0 Å². The first kappa shape index (κ1) is 35.4. The molecule has 1 aromatic heterocycles. The maximum Gasteiger partial charge on any atom is 0.416 e. The molecule has 0 atom stereocenters. The summed E-state index contributed by atoms with van der Waals surface area (Å²) in [5.41, 5.74) is 3.66. The predicted molar refractivity (Wildman–Crippen MR) is 184 cm³/mol. The molecule has 7 nitrogen and oxygen atoms in total. The van der Waals surface area contributed by atoms with E-state index in [-0.39, 0.29) is 30.9 Å². The van der Waals surface area contributed by atoms with E-state index >= 15 is 0 Å². The molecule has 0 saturated heterocycles. The number of benzene rings is 3. The van der Waals surface area contributed by atoms with E-state index in [1.165, 1.54) is 18.6 Å². The van der Waals surface area contributed by atoms with Crippen molar-refractivity contribution in [2.45, 2.75) is 90.3 Å². The Hall–Kier alpha value is -4.86. The summed E-state index contributed by atoms with van der Waals surface area (Å²) >= 11 is 0. The van der Waals surface area contributed by atoms with Crippen LogP contribution in [0.2, 0.25) is 0 Å². The van der Waals surface area contributed by atoms with Gasteiger partial charge in [-0.1, -0.05) is 73.9 Å². The number of aromatic nitrogens is 1. The number of carbonyl (C=O) groups excluding carboxylic acids is 2. The van der Waals surface area contributed by atoms with Crippen LogP contribution in [0.1, 0.15) is 75.1 Å². The minimum Gasteiger partial charge on any atom is -0.444 e. The zero-order valence-corrected chi connectivity index (χ0v) is 28.2. The van der Waals surface area contributed by atoms with Gasteiger partial charge in [0.05, 0.1) is 5.56 Å². The van der Waals surface area contributed by atoms with Gasteiger partial charge in [0.1, 0.15) is 5.60 Å². The monoisotopic (exact) mass is 672 g/mol. The lowest BCUT2D eigenvalue weighted by atomic mass is 9.94. The van der Waals surface area contributed by atoms with E-state index in [9.17, 15) is 22.8 Å². The van der Waals surface area contributed by atoms with E-state index in [1.54, 1.807) is 23.4 Å². The van der Waals surface area contributed by atoms with Gasteiger partial charge in [0.25, 0.3) is 0 Å². The Bertz CT molecular complexity index is 1660. The Kier molecular flexibility index (Phi) is 11.3. The highest BCUT2D eigenvalue weighted by molar-refractivity contribution is 5.89. The Balaban J connectivity index is 1.26. The van der Waals surface area contributed by atoms with Crippen molar-refractivity contribution in [3.8, 4) is 11.1 Å². The predicted octanol–water partition coefficient (Wildman–Crippen LogP) is 10.1. The number of carbonyl (C=O) groups is 2. The highest BCUT2D eigenvalue weighted by Crippen LogP contribution is 2.30. The summed E-state index contributed by atoms with van der Waals surface area (Å²) in [4.78, 5) is 34.1.